The van der Waals surface area contributed by atoms with Crippen molar-refractivity contribution in [2.75, 3.05) is 18.5 Å². The van der Waals surface area contributed by atoms with Gasteiger partial charge >= 0.3 is 12.0 Å². The quantitative estimate of drug-likeness (QED) is 0.789. The largest absolute Gasteiger partial charge is 0.478 e. The lowest BCUT2D eigenvalue weighted by Crippen LogP contribution is -2.41. The Labute approximate surface area is 117 Å². The molecule has 1 aliphatic rings. The van der Waals surface area contributed by atoms with Gasteiger partial charge in [0.15, 0.2) is 0 Å². The number of nitrogens with one attached hydrogen (secondary N) is 2. The van der Waals surface area contributed by atoms with Gasteiger partial charge in [0.2, 0.25) is 0 Å². The first-order valence-corrected chi connectivity index (χ1v) is 6.55. The summed E-state index contributed by atoms with van der Waals surface area (Å²) in [6.45, 7) is 3.02. The van der Waals surface area contributed by atoms with Gasteiger partial charge in [0, 0.05) is 24.9 Å². The molecule has 1 aromatic rings. The van der Waals surface area contributed by atoms with E-state index < -0.39 is 5.97 Å². The minimum absolute atomic E-state index is 0.105. The van der Waals surface area contributed by atoms with Crippen molar-refractivity contribution in [1.29, 1.82) is 0 Å². The van der Waals surface area contributed by atoms with Crippen LogP contribution in [0.25, 0.3) is 0 Å². The molecule has 3 N–H and O–H groups in total. The van der Waals surface area contributed by atoms with Crippen molar-refractivity contribution in [1.82, 2.24) is 5.32 Å². The fourth-order valence-corrected chi connectivity index (χ4v) is 2.12. The molecule has 2 amide bonds. The molecular formula is C14H18N2O4. The summed E-state index contributed by atoms with van der Waals surface area (Å²) in [4.78, 5) is 22.9. The Bertz CT molecular complexity index is 510. The summed E-state index contributed by atoms with van der Waals surface area (Å²) in [6.07, 6.45) is 1.59. The zero-order valence-electron chi connectivity index (χ0n) is 11.3. The number of benzene rings is 1. The molecule has 0 aliphatic carbocycles. The van der Waals surface area contributed by atoms with E-state index in [1.165, 1.54) is 6.07 Å². The van der Waals surface area contributed by atoms with Crippen molar-refractivity contribution in [2.24, 2.45) is 0 Å². The van der Waals surface area contributed by atoms with E-state index in [1.807, 2.05) is 0 Å². The van der Waals surface area contributed by atoms with Crippen molar-refractivity contribution in [2.45, 2.75) is 25.8 Å². The van der Waals surface area contributed by atoms with Gasteiger partial charge in [-0.25, -0.2) is 9.59 Å². The first-order valence-electron chi connectivity index (χ1n) is 6.55. The molecule has 1 aliphatic heterocycles. The van der Waals surface area contributed by atoms with Crippen LogP contribution in [-0.4, -0.2) is 36.4 Å². The van der Waals surface area contributed by atoms with Gasteiger partial charge in [0.1, 0.15) is 0 Å². The molecule has 6 heteroatoms. The molecule has 1 saturated heterocycles. The van der Waals surface area contributed by atoms with E-state index in [-0.39, 0.29) is 17.6 Å². The molecule has 108 valence electrons. The van der Waals surface area contributed by atoms with E-state index in [4.69, 9.17) is 9.84 Å². The Hall–Kier alpha value is -2.08. The number of ether oxygens (including phenoxy) is 1. The van der Waals surface area contributed by atoms with Crippen LogP contribution in [0.15, 0.2) is 18.2 Å². The summed E-state index contributed by atoms with van der Waals surface area (Å²) < 4.78 is 5.22. The van der Waals surface area contributed by atoms with Gasteiger partial charge < -0.3 is 20.5 Å². The molecule has 1 fully saturated rings. The molecule has 20 heavy (non-hydrogen) atoms. The molecule has 2 rings (SSSR count). The summed E-state index contributed by atoms with van der Waals surface area (Å²) in [5.74, 6) is -1.00. The number of amides is 2. The van der Waals surface area contributed by atoms with E-state index >= 15 is 0 Å². The maximum atomic E-state index is 11.8. The minimum atomic E-state index is -1.00. The van der Waals surface area contributed by atoms with Crippen LogP contribution in [0.2, 0.25) is 0 Å². The second-order valence-corrected chi connectivity index (χ2v) is 4.82. The van der Waals surface area contributed by atoms with E-state index in [0.717, 1.165) is 12.8 Å². The molecule has 0 spiro atoms. The number of aromatic carboxylic acids is 1. The molecule has 0 atom stereocenters. The number of carbonyl (C=O) groups is 2. The zero-order valence-corrected chi connectivity index (χ0v) is 11.3. The van der Waals surface area contributed by atoms with Crippen LogP contribution in [0.1, 0.15) is 28.8 Å². The first-order chi connectivity index (χ1) is 9.56. The Morgan fingerprint density at radius 1 is 1.30 bits per heavy atom. The van der Waals surface area contributed by atoms with Crippen LogP contribution in [0.5, 0.6) is 0 Å². The van der Waals surface area contributed by atoms with Gasteiger partial charge in [-0.3, -0.25) is 0 Å². The summed E-state index contributed by atoms with van der Waals surface area (Å²) in [5, 5.41) is 14.6. The Morgan fingerprint density at radius 2 is 2.00 bits per heavy atom. The highest BCUT2D eigenvalue weighted by atomic mass is 16.5. The number of urea groups is 1. The van der Waals surface area contributed by atoms with Gasteiger partial charge in [-0.1, -0.05) is 6.07 Å². The molecule has 0 saturated carbocycles. The molecule has 0 unspecified atom stereocenters. The van der Waals surface area contributed by atoms with Gasteiger partial charge in [0.25, 0.3) is 0 Å². The highest BCUT2D eigenvalue weighted by molar-refractivity contribution is 5.94. The predicted molar refractivity (Wildman–Crippen MR) is 74.1 cm³/mol. The normalized spacial score (nSPS) is 15.7. The number of rotatable bonds is 3. The fourth-order valence-electron chi connectivity index (χ4n) is 2.12. The molecule has 0 radical (unpaired) electrons. The van der Waals surface area contributed by atoms with Crippen LogP contribution in [-0.2, 0) is 4.74 Å². The minimum Gasteiger partial charge on any atom is -0.478 e. The summed E-state index contributed by atoms with van der Waals surface area (Å²) in [7, 11) is 0. The van der Waals surface area contributed by atoms with E-state index in [0.29, 0.717) is 24.5 Å². The second-order valence-electron chi connectivity index (χ2n) is 4.82. The standard InChI is InChI=1S/C14H18N2O4/c1-9-2-3-11(8-12(9)13(17)18)16-14(19)15-10-4-6-20-7-5-10/h2-3,8,10H,4-7H2,1H3,(H,17,18)(H2,15,16,19). The maximum absolute atomic E-state index is 11.8. The number of carboxylic acid groups (broad SMARTS) is 1. The van der Waals surface area contributed by atoms with Crippen LogP contribution >= 0.6 is 0 Å². The average Bonchev–Trinajstić information content (AvgIpc) is 2.41. The van der Waals surface area contributed by atoms with Crippen molar-refractivity contribution in [3.63, 3.8) is 0 Å². The number of hydrogen-bond acceptors (Lipinski definition) is 3. The lowest BCUT2D eigenvalue weighted by Gasteiger charge is -2.23. The molecule has 1 heterocycles. The molecular weight excluding hydrogens is 260 g/mol. The van der Waals surface area contributed by atoms with Crippen molar-refractivity contribution >= 4 is 17.7 Å². The van der Waals surface area contributed by atoms with Gasteiger partial charge in [0.05, 0.1) is 5.56 Å². The smallest absolute Gasteiger partial charge is 0.336 e. The van der Waals surface area contributed by atoms with Gasteiger partial charge in [-0.15, -0.1) is 0 Å². The van der Waals surface area contributed by atoms with Crippen molar-refractivity contribution in [3.05, 3.63) is 29.3 Å². The molecule has 6 nitrogen and oxygen atoms in total. The van der Waals surface area contributed by atoms with E-state index in [9.17, 15) is 9.59 Å². The molecule has 1 aromatic carbocycles. The Balaban J connectivity index is 1.96. The van der Waals surface area contributed by atoms with Crippen LogP contribution in [0.4, 0.5) is 10.5 Å². The Morgan fingerprint density at radius 3 is 2.65 bits per heavy atom. The number of aryl methyl sites for hydroxylation is 1. The number of carbonyl (C=O) groups excluding carboxylic acids is 1. The van der Waals surface area contributed by atoms with Gasteiger partial charge in [-0.05, 0) is 37.5 Å². The van der Waals surface area contributed by atoms with Crippen LogP contribution in [0, 0.1) is 6.92 Å². The number of hydrogen-bond donors (Lipinski definition) is 3. The van der Waals surface area contributed by atoms with E-state index in [2.05, 4.69) is 10.6 Å². The van der Waals surface area contributed by atoms with Crippen molar-refractivity contribution < 1.29 is 19.4 Å². The lowest BCUT2D eigenvalue weighted by atomic mass is 10.1. The highest BCUT2D eigenvalue weighted by Crippen LogP contribution is 2.15. The SMILES string of the molecule is Cc1ccc(NC(=O)NC2CCOCC2)cc1C(=O)O. The summed E-state index contributed by atoms with van der Waals surface area (Å²) >= 11 is 0. The molecule has 0 aromatic heterocycles. The maximum Gasteiger partial charge on any atom is 0.336 e. The Kier molecular flexibility index (Phi) is 4.57. The van der Waals surface area contributed by atoms with Crippen LogP contribution in [0.3, 0.4) is 0 Å². The lowest BCUT2D eigenvalue weighted by molar-refractivity contribution is 0.0696. The second kappa shape index (κ2) is 6.38. The highest BCUT2D eigenvalue weighted by Gasteiger charge is 2.16. The van der Waals surface area contributed by atoms with Crippen molar-refractivity contribution in [3.8, 4) is 0 Å². The third-order valence-electron chi connectivity index (χ3n) is 3.28. The van der Waals surface area contributed by atoms with Gasteiger partial charge in [-0.2, -0.15) is 0 Å². The monoisotopic (exact) mass is 278 g/mol. The summed E-state index contributed by atoms with van der Waals surface area (Å²) in [6, 6.07) is 4.60. The van der Waals surface area contributed by atoms with E-state index in [1.54, 1.807) is 19.1 Å². The number of anilines is 1. The predicted octanol–water partition coefficient (Wildman–Crippen LogP) is 1.99. The fraction of sp³-hybridized carbons (Fsp3) is 0.429. The third kappa shape index (κ3) is 3.71. The topological polar surface area (TPSA) is 87.7 Å². The summed E-state index contributed by atoms with van der Waals surface area (Å²) in [5.41, 5.74) is 1.32. The van der Waals surface area contributed by atoms with Crippen LogP contribution < -0.4 is 10.6 Å². The number of carboxylic acids is 1. The zero-order chi connectivity index (χ0) is 14.5. The first kappa shape index (κ1) is 14.3. The third-order valence-corrected chi connectivity index (χ3v) is 3.28. The average molecular weight is 278 g/mol. The molecule has 0 bridgehead atoms.